The van der Waals surface area contributed by atoms with Crippen molar-refractivity contribution in [2.75, 3.05) is 23.3 Å². The van der Waals surface area contributed by atoms with Gasteiger partial charge in [0.2, 0.25) is 11.8 Å². The molecule has 7 rings (SSSR count). The summed E-state index contributed by atoms with van der Waals surface area (Å²) in [7, 11) is 0. The van der Waals surface area contributed by atoms with E-state index in [1.807, 2.05) is 45.9 Å². The van der Waals surface area contributed by atoms with E-state index in [2.05, 4.69) is 75.2 Å². The van der Waals surface area contributed by atoms with Gasteiger partial charge >= 0.3 is 0 Å². The molecule has 0 spiro atoms. The van der Waals surface area contributed by atoms with Crippen LogP contribution in [0, 0.1) is 34.6 Å². The number of unbranched alkanes of at least 4 members (excludes halogenated alkanes) is 2. The van der Waals surface area contributed by atoms with Crippen molar-refractivity contribution < 1.29 is 23.4 Å². The van der Waals surface area contributed by atoms with Gasteiger partial charge in [-0.15, -0.1) is 0 Å². The predicted molar refractivity (Wildman–Crippen MR) is 199 cm³/mol. The summed E-state index contributed by atoms with van der Waals surface area (Å²) in [6.45, 7) is 12.0. The Labute approximate surface area is 303 Å². The fraction of sp³-hybridized carbons (Fsp3) is 0.341. The van der Waals surface area contributed by atoms with Crippen LogP contribution in [0.1, 0.15) is 76.5 Å². The van der Waals surface area contributed by atoms with Gasteiger partial charge in [-0.25, -0.2) is 0 Å². The first-order valence-electron chi connectivity index (χ1n) is 17.9. The summed E-state index contributed by atoms with van der Waals surface area (Å²) in [4.78, 5) is 41.1. The van der Waals surface area contributed by atoms with E-state index >= 15 is 0 Å². The topological polar surface area (TPSA) is 134 Å². The molecule has 3 amide bonds. The molecule has 1 fully saturated rings. The van der Waals surface area contributed by atoms with Crippen LogP contribution in [0.3, 0.4) is 0 Å². The Morgan fingerprint density at radius 3 is 2.19 bits per heavy atom. The Morgan fingerprint density at radius 2 is 1.52 bits per heavy atom. The minimum atomic E-state index is -0.615. The van der Waals surface area contributed by atoms with Crippen LogP contribution in [0.5, 0.6) is 0 Å². The molecule has 0 radical (unpaired) electrons. The molecular formula is C41H44N6O5. The molecule has 1 atom stereocenters. The lowest BCUT2D eigenvalue weighted by Crippen LogP contribution is -2.52. The maximum absolute atomic E-state index is 13.1. The molecule has 11 heteroatoms. The molecule has 2 N–H and O–H groups in total. The molecular weight excluding hydrogens is 656 g/mol. The summed E-state index contributed by atoms with van der Waals surface area (Å²) in [5.74, 6) is 0.765. The Balaban J connectivity index is 1.02. The third-order valence-corrected chi connectivity index (χ3v) is 10.2. The Bertz CT molecular complexity index is 2110. The second kappa shape index (κ2) is 14.5. The molecule has 1 saturated heterocycles. The van der Waals surface area contributed by atoms with E-state index in [-0.39, 0.29) is 18.2 Å². The molecule has 2 aliphatic heterocycles. The number of carbonyl (C=O) groups excluding carboxylic acids is 3. The zero-order valence-corrected chi connectivity index (χ0v) is 30.3. The highest BCUT2D eigenvalue weighted by Gasteiger charge is 2.39. The molecule has 2 aliphatic rings. The van der Waals surface area contributed by atoms with Crippen LogP contribution in [0.25, 0.3) is 22.3 Å². The van der Waals surface area contributed by atoms with E-state index in [1.54, 1.807) is 4.90 Å². The van der Waals surface area contributed by atoms with E-state index in [0.29, 0.717) is 18.5 Å². The molecule has 52 heavy (non-hydrogen) atoms. The van der Waals surface area contributed by atoms with Crippen molar-refractivity contribution in [3.8, 4) is 22.3 Å². The van der Waals surface area contributed by atoms with E-state index in [0.717, 1.165) is 100 Å². The third-order valence-electron chi connectivity index (χ3n) is 10.2. The van der Waals surface area contributed by atoms with Crippen LogP contribution < -0.4 is 15.5 Å². The number of hydrogen-bond donors (Lipinski definition) is 2. The number of fused-ring (bicyclic) bond motifs is 1. The van der Waals surface area contributed by atoms with Crippen molar-refractivity contribution >= 4 is 34.8 Å². The number of nitrogens with zero attached hydrogens (tertiary/aromatic N) is 4. The summed E-state index contributed by atoms with van der Waals surface area (Å²) >= 11 is 0. The first-order chi connectivity index (χ1) is 25.1. The highest BCUT2D eigenvalue weighted by atomic mass is 16.5. The van der Waals surface area contributed by atoms with Crippen LogP contribution in [0.2, 0.25) is 0 Å². The second-order valence-electron chi connectivity index (χ2n) is 13.9. The summed E-state index contributed by atoms with van der Waals surface area (Å²) in [5, 5.41) is 14.2. The molecule has 2 aromatic heterocycles. The van der Waals surface area contributed by atoms with Crippen LogP contribution >= 0.6 is 0 Å². The number of anilines is 3. The lowest BCUT2D eigenvalue weighted by Gasteiger charge is -2.29. The number of carbonyl (C=O) groups is 3. The van der Waals surface area contributed by atoms with Gasteiger partial charge in [0.05, 0.1) is 11.4 Å². The summed E-state index contributed by atoms with van der Waals surface area (Å²) in [6, 6.07) is 20.3. The summed E-state index contributed by atoms with van der Waals surface area (Å²) in [5.41, 5.74) is 11.8. The fourth-order valence-electron chi connectivity index (χ4n) is 7.53. The van der Waals surface area contributed by atoms with Crippen molar-refractivity contribution in [2.45, 2.75) is 79.3 Å². The highest BCUT2D eigenvalue weighted by Crippen LogP contribution is 2.37. The third kappa shape index (κ3) is 6.82. The number of hydrogen-bond acceptors (Lipinski definition) is 9. The molecule has 0 aliphatic carbocycles. The Hall–Kier alpha value is -5.71. The van der Waals surface area contributed by atoms with Crippen molar-refractivity contribution in [2.24, 2.45) is 0 Å². The number of amides is 3. The average Bonchev–Trinajstić information content (AvgIpc) is 3.77. The van der Waals surface area contributed by atoms with Crippen LogP contribution in [0.4, 0.5) is 17.1 Å². The summed E-state index contributed by atoms with van der Waals surface area (Å²) < 4.78 is 10.9. The molecule has 268 valence electrons. The lowest BCUT2D eigenvalue weighted by molar-refractivity contribution is -0.136. The normalized spacial score (nSPS) is 15.6. The standard InChI is InChI=1S/C41H44N6O5/c1-24-9-10-30(39-26(3)45-52-28(39)5)22-36(24)46(33-14-11-29(12-15-33)38-25(2)44-51-27(38)4)20-8-6-7-19-42-32-13-16-34-31(21-32)23-47(41(34)50)35-17-18-37(48)43-40(35)49/h9-16,21-22,35,42H,6-8,17-20,23H2,1-5H3,(H,43,48,49). The quantitative estimate of drug-likeness (QED) is 0.0991. The zero-order valence-electron chi connectivity index (χ0n) is 30.3. The van der Waals surface area contributed by atoms with Gasteiger partial charge in [0.15, 0.2) is 0 Å². The lowest BCUT2D eigenvalue weighted by atomic mass is 10.00. The maximum Gasteiger partial charge on any atom is 0.255 e. The van der Waals surface area contributed by atoms with Crippen LogP contribution in [-0.2, 0) is 16.1 Å². The van der Waals surface area contributed by atoms with Crippen molar-refractivity contribution in [1.82, 2.24) is 20.5 Å². The number of aryl methyl sites for hydroxylation is 5. The zero-order chi connectivity index (χ0) is 36.5. The van der Waals surface area contributed by atoms with Gasteiger partial charge in [-0.1, -0.05) is 34.6 Å². The largest absolute Gasteiger partial charge is 0.385 e. The van der Waals surface area contributed by atoms with Gasteiger partial charge in [0.25, 0.3) is 5.91 Å². The molecule has 11 nitrogen and oxygen atoms in total. The molecule has 0 bridgehead atoms. The monoisotopic (exact) mass is 700 g/mol. The Kier molecular flexibility index (Phi) is 9.68. The van der Waals surface area contributed by atoms with Gasteiger partial charge in [-0.2, -0.15) is 0 Å². The minimum Gasteiger partial charge on any atom is -0.385 e. The number of imide groups is 1. The Morgan fingerprint density at radius 1 is 0.827 bits per heavy atom. The molecule has 1 unspecified atom stereocenters. The summed E-state index contributed by atoms with van der Waals surface area (Å²) in [6.07, 6.45) is 3.55. The number of rotatable bonds is 12. The number of nitrogens with one attached hydrogen (secondary N) is 2. The van der Waals surface area contributed by atoms with Crippen molar-refractivity contribution in [1.29, 1.82) is 0 Å². The molecule has 4 heterocycles. The first-order valence-corrected chi connectivity index (χ1v) is 17.9. The van der Waals surface area contributed by atoms with Crippen molar-refractivity contribution in [3.63, 3.8) is 0 Å². The highest BCUT2D eigenvalue weighted by molar-refractivity contribution is 6.05. The minimum absolute atomic E-state index is 0.161. The smallest absolute Gasteiger partial charge is 0.255 e. The number of benzene rings is 3. The van der Waals surface area contributed by atoms with Gasteiger partial charge in [-0.3, -0.25) is 19.7 Å². The predicted octanol–water partition coefficient (Wildman–Crippen LogP) is 7.72. The number of piperidine rings is 1. The van der Waals surface area contributed by atoms with Crippen LogP contribution in [0.15, 0.2) is 69.7 Å². The van der Waals surface area contributed by atoms with Crippen molar-refractivity contribution in [3.05, 3.63) is 100 Å². The first kappa shape index (κ1) is 34.7. The van der Waals surface area contributed by atoms with Gasteiger partial charge in [0.1, 0.15) is 17.6 Å². The SMILES string of the molecule is Cc1ccc(-c2c(C)noc2C)cc1N(CCCCCNc1ccc2c(c1)CN(C1CCC(=O)NC1=O)C2=O)c1ccc(-c2c(C)noc2C)cc1. The van der Waals surface area contributed by atoms with Gasteiger partial charge in [-0.05, 0) is 119 Å². The second-order valence-corrected chi connectivity index (χ2v) is 13.9. The van der Waals surface area contributed by atoms with E-state index in [4.69, 9.17) is 9.05 Å². The molecule has 3 aromatic carbocycles. The number of aromatic nitrogens is 2. The average molecular weight is 701 g/mol. The van der Waals surface area contributed by atoms with E-state index in [1.165, 1.54) is 5.56 Å². The van der Waals surface area contributed by atoms with Crippen LogP contribution in [-0.4, -0.2) is 52.1 Å². The maximum atomic E-state index is 13.1. The molecule has 5 aromatic rings. The fourth-order valence-corrected chi connectivity index (χ4v) is 7.53. The molecule has 0 saturated carbocycles. The van der Waals surface area contributed by atoms with E-state index < -0.39 is 11.9 Å². The van der Waals surface area contributed by atoms with E-state index in [9.17, 15) is 14.4 Å². The van der Waals surface area contributed by atoms with Gasteiger partial charge < -0.3 is 24.2 Å². The van der Waals surface area contributed by atoms with Gasteiger partial charge in [0, 0.05) is 59.8 Å².